The number of aromatic amines is 1. The first-order valence-corrected chi connectivity index (χ1v) is 6.23. The summed E-state index contributed by atoms with van der Waals surface area (Å²) in [6, 6.07) is 4.07. The van der Waals surface area contributed by atoms with E-state index in [1.165, 1.54) is 15.5 Å². The molecule has 0 aliphatic carbocycles. The predicted molar refractivity (Wildman–Crippen MR) is 56.6 cm³/mol. The lowest BCUT2D eigenvalue weighted by molar-refractivity contribution is 1.02. The molecule has 1 N–H and O–H groups in total. The number of hydrogen-bond acceptors (Lipinski definition) is 5. The van der Waals surface area contributed by atoms with E-state index in [0.29, 0.717) is 0 Å². The van der Waals surface area contributed by atoms with Crippen LogP contribution in [0.3, 0.4) is 0 Å². The normalized spacial score (nSPS) is 10.5. The summed E-state index contributed by atoms with van der Waals surface area (Å²) in [6.45, 7) is 0. The Labute approximate surface area is 86.8 Å². The Bertz CT molecular complexity index is 417. The van der Waals surface area contributed by atoms with Crippen molar-refractivity contribution in [3.63, 3.8) is 0 Å². The minimum absolute atomic E-state index is 0.0817. The molecule has 0 saturated heterocycles. The van der Waals surface area contributed by atoms with Crippen molar-refractivity contribution < 1.29 is 0 Å². The molecule has 68 valence electrons. The van der Waals surface area contributed by atoms with E-state index in [4.69, 9.17) is 0 Å². The van der Waals surface area contributed by atoms with Gasteiger partial charge in [-0.15, -0.1) is 23.1 Å². The summed E-state index contributed by atoms with van der Waals surface area (Å²) in [6.07, 6.45) is 0. The Morgan fingerprint density at radius 1 is 1.62 bits per heavy atom. The molecule has 0 radical (unpaired) electrons. The highest BCUT2D eigenvalue weighted by molar-refractivity contribution is 8.00. The largest absolute Gasteiger partial charge is 0.322 e. The minimum atomic E-state index is -0.0817. The standard InChI is InChI=1S/C7H6N2OS3/c10-7-9-8-5(13-7)4-12-6-2-1-3-11-6/h1-3H,4H2,(H,9,10). The highest BCUT2D eigenvalue weighted by Gasteiger charge is 2.00. The molecule has 0 unspecified atom stereocenters. The minimum Gasteiger partial charge on any atom is -0.255 e. The number of rotatable bonds is 3. The van der Waals surface area contributed by atoms with Gasteiger partial charge in [0.05, 0.1) is 9.96 Å². The summed E-state index contributed by atoms with van der Waals surface area (Å²) >= 11 is 4.57. The third-order valence-corrected chi connectivity index (χ3v) is 4.39. The quantitative estimate of drug-likeness (QED) is 0.822. The van der Waals surface area contributed by atoms with Crippen LogP contribution in [0, 0.1) is 0 Å². The maximum atomic E-state index is 10.7. The molecule has 0 aliphatic rings. The van der Waals surface area contributed by atoms with Gasteiger partial charge >= 0.3 is 4.87 Å². The molecule has 2 rings (SSSR count). The topological polar surface area (TPSA) is 45.8 Å². The van der Waals surface area contributed by atoms with Crippen molar-refractivity contribution >= 4 is 34.4 Å². The van der Waals surface area contributed by atoms with Crippen LogP contribution in [0.5, 0.6) is 0 Å². The number of nitrogens with one attached hydrogen (secondary N) is 1. The molecule has 3 nitrogen and oxygen atoms in total. The zero-order chi connectivity index (χ0) is 9.10. The number of hydrogen-bond donors (Lipinski definition) is 1. The second-order valence-corrected chi connectivity index (χ2v) is 5.50. The van der Waals surface area contributed by atoms with E-state index in [-0.39, 0.29) is 4.87 Å². The smallest absolute Gasteiger partial charge is 0.255 e. The van der Waals surface area contributed by atoms with Crippen molar-refractivity contribution in [3.05, 3.63) is 32.2 Å². The summed E-state index contributed by atoms with van der Waals surface area (Å²) < 4.78 is 1.25. The van der Waals surface area contributed by atoms with Gasteiger partial charge in [0.15, 0.2) is 0 Å². The van der Waals surface area contributed by atoms with Gasteiger partial charge < -0.3 is 0 Å². The van der Waals surface area contributed by atoms with Crippen LogP contribution in [0.15, 0.2) is 26.5 Å². The van der Waals surface area contributed by atoms with Crippen LogP contribution in [0.4, 0.5) is 0 Å². The van der Waals surface area contributed by atoms with Gasteiger partial charge in [-0.25, -0.2) is 5.10 Å². The first-order chi connectivity index (χ1) is 6.34. The molecule has 0 aromatic carbocycles. The molecule has 0 fully saturated rings. The van der Waals surface area contributed by atoms with Crippen molar-refractivity contribution in [1.82, 2.24) is 10.2 Å². The number of thioether (sulfide) groups is 1. The van der Waals surface area contributed by atoms with Crippen molar-refractivity contribution in [2.45, 2.75) is 9.96 Å². The lowest BCUT2D eigenvalue weighted by Crippen LogP contribution is -1.90. The Hall–Kier alpha value is -0.590. The molecule has 6 heteroatoms. The van der Waals surface area contributed by atoms with Crippen LogP contribution in [0.25, 0.3) is 0 Å². The van der Waals surface area contributed by atoms with Crippen LogP contribution < -0.4 is 4.87 Å². The first kappa shape index (κ1) is 8.98. The van der Waals surface area contributed by atoms with Crippen LogP contribution in [0.2, 0.25) is 0 Å². The van der Waals surface area contributed by atoms with E-state index < -0.39 is 0 Å². The highest BCUT2D eigenvalue weighted by atomic mass is 32.2. The summed E-state index contributed by atoms with van der Waals surface area (Å²) in [5.74, 6) is 0.768. The molecular formula is C7H6N2OS3. The van der Waals surface area contributed by atoms with Gasteiger partial charge in [-0.1, -0.05) is 17.4 Å². The molecule has 0 amide bonds. The van der Waals surface area contributed by atoms with E-state index in [1.54, 1.807) is 23.1 Å². The average Bonchev–Trinajstić information content (AvgIpc) is 2.71. The fourth-order valence-corrected chi connectivity index (χ4v) is 3.18. The molecule has 13 heavy (non-hydrogen) atoms. The zero-order valence-corrected chi connectivity index (χ0v) is 8.97. The van der Waals surface area contributed by atoms with E-state index in [2.05, 4.69) is 16.3 Å². The van der Waals surface area contributed by atoms with Gasteiger partial charge in [0, 0.05) is 0 Å². The third-order valence-electron chi connectivity index (χ3n) is 1.32. The molecule has 2 heterocycles. The van der Waals surface area contributed by atoms with E-state index in [1.807, 2.05) is 11.4 Å². The molecule has 0 saturated carbocycles. The van der Waals surface area contributed by atoms with Crippen LogP contribution in [-0.4, -0.2) is 10.2 Å². The predicted octanol–water partition coefficient (Wildman–Crippen LogP) is 2.19. The van der Waals surface area contributed by atoms with Crippen molar-refractivity contribution in [2.24, 2.45) is 0 Å². The monoisotopic (exact) mass is 230 g/mol. The molecular weight excluding hydrogens is 224 g/mol. The highest BCUT2D eigenvalue weighted by Crippen LogP contribution is 2.26. The Morgan fingerprint density at radius 2 is 2.54 bits per heavy atom. The van der Waals surface area contributed by atoms with Gasteiger partial charge in [-0.05, 0) is 11.4 Å². The van der Waals surface area contributed by atoms with E-state index in [0.717, 1.165) is 10.8 Å². The van der Waals surface area contributed by atoms with Crippen LogP contribution in [-0.2, 0) is 5.75 Å². The van der Waals surface area contributed by atoms with Crippen molar-refractivity contribution in [1.29, 1.82) is 0 Å². The summed E-state index contributed by atoms with van der Waals surface area (Å²) in [5.41, 5.74) is 0. The molecule has 2 aromatic heterocycles. The maximum absolute atomic E-state index is 10.7. The first-order valence-electron chi connectivity index (χ1n) is 3.55. The Kier molecular flexibility index (Phi) is 2.82. The summed E-state index contributed by atoms with van der Waals surface area (Å²) in [4.78, 5) is 10.7. The van der Waals surface area contributed by atoms with Crippen molar-refractivity contribution in [3.8, 4) is 0 Å². The zero-order valence-electron chi connectivity index (χ0n) is 6.52. The second kappa shape index (κ2) is 4.08. The number of thiophene rings is 1. The molecule has 2 aromatic rings. The van der Waals surface area contributed by atoms with Gasteiger partial charge in [-0.3, -0.25) is 4.79 Å². The average molecular weight is 230 g/mol. The summed E-state index contributed by atoms with van der Waals surface area (Å²) in [7, 11) is 0. The summed E-state index contributed by atoms with van der Waals surface area (Å²) in [5, 5.41) is 9.17. The van der Waals surface area contributed by atoms with Crippen molar-refractivity contribution in [2.75, 3.05) is 0 Å². The molecule has 0 atom stereocenters. The Morgan fingerprint density at radius 3 is 3.15 bits per heavy atom. The fourth-order valence-electron chi connectivity index (χ4n) is 0.801. The Balaban J connectivity index is 1.97. The fraction of sp³-hybridized carbons (Fsp3) is 0.143. The lowest BCUT2D eigenvalue weighted by atomic mass is 10.7. The van der Waals surface area contributed by atoms with E-state index >= 15 is 0 Å². The van der Waals surface area contributed by atoms with E-state index in [9.17, 15) is 4.79 Å². The van der Waals surface area contributed by atoms with Crippen LogP contribution >= 0.6 is 34.4 Å². The SMILES string of the molecule is O=c1[nH]nc(CSc2cccs2)s1. The van der Waals surface area contributed by atoms with Crippen LogP contribution in [0.1, 0.15) is 5.01 Å². The number of H-pyrrole nitrogens is 1. The number of aromatic nitrogens is 2. The second-order valence-electron chi connectivity index (χ2n) is 2.23. The van der Waals surface area contributed by atoms with Gasteiger partial charge in [-0.2, -0.15) is 5.10 Å². The van der Waals surface area contributed by atoms with Gasteiger partial charge in [0.25, 0.3) is 0 Å². The molecule has 0 bridgehead atoms. The molecule has 0 spiro atoms. The lowest BCUT2D eigenvalue weighted by Gasteiger charge is -1.91. The number of nitrogens with zero attached hydrogens (tertiary/aromatic N) is 1. The third kappa shape index (κ3) is 2.43. The molecule has 0 aliphatic heterocycles. The van der Waals surface area contributed by atoms with Gasteiger partial charge in [0.2, 0.25) is 0 Å². The maximum Gasteiger partial charge on any atom is 0.322 e. The van der Waals surface area contributed by atoms with Gasteiger partial charge in [0.1, 0.15) is 5.01 Å².